The maximum atomic E-state index is 13.7. The van der Waals surface area contributed by atoms with Crippen molar-refractivity contribution in [3.05, 3.63) is 33.8 Å². The molecule has 1 unspecified atom stereocenters. The van der Waals surface area contributed by atoms with Crippen LogP contribution in [-0.2, 0) is 6.42 Å². The summed E-state index contributed by atoms with van der Waals surface area (Å²) in [5.74, 6) is -0.798. The number of hydrogen-bond acceptors (Lipinski definition) is 2. The quantitative estimate of drug-likeness (QED) is 0.790. The minimum atomic E-state index is -0.804. The van der Waals surface area contributed by atoms with Gasteiger partial charge in [0.1, 0.15) is 11.6 Å². The highest BCUT2D eigenvalue weighted by Crippen LogP contribution is 2.22. The summed E-state index contributed by atoms with van der Waals surface area (Å²) in [4.78, 5) is 0. The number of aliphatic hydroxyl groups excluding tert-OH is 1. The van der Waals surface area contributed by atoms with E-state index in [1.807, 2.05) is 13.8 Å². The van der Waals surface area contributed by atoms with Crippen molar-refractivity contribution in [2.75, 3.05) is 13.1 Å². The summed E-state index contributed by atoms with van der Waals surface area (Å²) in [5, 5.41) is 12.8. The number of benzene rings is 1. The molecule has 0 spiro atoms. The zero-order valence-corrected chi connectivity index (χ0v) is 12.1. The van der Waals surface area contributed by atoms with Crippen LogP contribution in [-0.4, -0.2) is 24.3 Å². The minimum Gasteiger partial charge on any atom is -0.391 e. The highest BCUT2D eigenvalue weighted by molar-refractivity contribution is 9.10. The molecule has 1 aromatic rings. The van der Waals surface area contributed by atoms with Crippen LogP contribution in [0.2, 0.25) is 0 Å². The summed E-state index contributed by atoms with van der Waals surface area (Å²) in [6.07, 6.45) is -0.843. The van der Waals surface area contributed by atoms with Gasteiger partial charge in [-0.2, -0.15) is 0 Å². The fourth-order valence-corrected chi connectivity index (χ4v) is 1.97. The van der Waals surface area contributed by atoms with E-state index in [4.69, 9.17) is 0 Å². The van der Waals surface area contributed by atoms with Crippen LogP contribution in [0.3, 0.4) is 0 Å². The summed E-state index contributed by atoms with van der Waals surface area (Å²) >= 11 is 3.00. The maximum absolute atomic E-state index is 13.7. The molecule has 1 rings (SSSR count). The second-order valence-corrected chi connectivity index (χ2v) is 5.59. The highest BCUT2D eigenvalue weighted by Gasteiger charge is 2.16. The number of hydrogen-bond donors (Lipinski definition) is 2. The van der Waals surface area contributed by atoms with E-state index in [0.717, 1.165) is 6.54 Å². The van der Waals surface area contributed by atoms with Gasteiger partial charge in [-0.25, -0.2) is 8.78 Å². The van der Waals surface area contributed by atoms with Gasteiger partial charge in [0.15, 0.2) is 0 Å². The first-order chi connectivity index (χ1) is 8.41. The largest absolute Gasteiger partial charge is 0.391 e. The molecule has 0 aromatic heterocycles. The third-order valence-electron chi connectivity index (χ3n) is 2.51. The first kappa shape index (κ1) is 15.5. The van der Waals surface area contributed by atoms with Crippen LogP contribution in [0.1, 0.15) is 19.4 Å². The van der Waals surface area contributed by atoms with Crippen LogP contribution in [0.25, 0.3) is 0 Å². The zero-order chi connectivity index (χ0) is 13.7. The van der Waals surface area contributed by atoms with Crippen LogP contribution in [0, 0.1) is 17.6 Å². The molecule has 0 saturated heterocycles. The minimum absolute atomic E-state index is 0.0395. The van der Waals surface area contributed by atoms with Gasteiger partial charge in [0, 0.05) is 18.5 Å². The van der Waals surface area contributed by atoms with Gasteiger partial charge in [0.2, 0.25) is 0 Å². The van der Waals surface area contributed by atoms with Crippen LogP contribution < -0.4 is 5.32 Å². The summed E-state index contributed by atoms with van der Waals surface area (Å²) < 4.78 is 27.3. The average molecular weight is 322 g/mol. The molecule has 0 aliphatic rings. The first-order valence-electron chi connectivity index (χ1n) is 5.93. The Morgan fingerprint density at radius 3 is 2.56 bits per heavy atom. The van der Waals surface area contributed by atoms with Gasteiger partial charge in [-0.1, -0.05) is 13.8 Å². The smallest absolute Gasteiger partial charge is 0.143 e. The fraction of sp³-hybridized carbons (Fsp3) is 0.538. The standard InChI is InChI=1S/C13H18BrF2NO/c1-8(2)6-17-7-9(18)5-10-12(15)4-3-11(14)13(10)16/h3-4,8-9,17-18H,5-7H2,1-2H3. The molecule has 2 nitrogen and oxygen atoms in total. The summed E-state index contributed by atoms with van der Waals surface area (Å²) in [6, 6.07) is 2.51. The van der Waals surface area contributed by atoms with Crippen molar-refractivity contribution in [1.82, 2.24) is 5.32 Å². The number of halogens is 3. The second-order valence-electron chi connectivity index (χ2n) is 4.73. The van der Waals surface area contributed by atoms with Crippen molar-refractivity contribution in [3.8, 4) is 0 Å². The summed E-state index contributed by atoms with van der Waals surface area (Å²) in [5.41, 5.74) is -0.0804. The molecule has 1 atom stereocenters. The Balaban J connectivity index is 2.59. The van der Waals surface area contributed by atoms with E-state index in [1.165, 1.54) is 12.1 Å². The molecular formula is C13H18BrF2NO. The number of rotatable bonds is 6. The van der Waals surface area contributed by atoms with Crippen molar-refractivity contribution in [2.45, 2.75) is 26.4 Å². The molecule has 102 valence electrons. The Labute approximate surface area is 115 Å². The van der Waals surface area contributed by atoms with Crippen molar-refractivity contribution in [1.29, 1.82) is 0 Å². The Bertz CT molecular complexity index is 399. The normalized spacial score (nSPS) is 13.1. The second kappa shape index (κ2) is 7.16. The molecule has 18 heavy (non-hydrogen) atoms. The molecule has 0 aliphatic carbocycles. The van der Waals surface area contributed by atoms with E-state index in [9.17, 15) is 13.9 Å². The Hall–Kier alpha value is -0.520. The van der Waals surface area contributed by atoms with Gasteiger partial charge in [0.25, 0.3) is 0 Å². The molecule has 0 radical (unpaired) electrons. The predicted octanol–water partition coefficient (Wildman–Crippen LogP) is 2.88. The van der Waals surface area contributed by atoms with Gasteiger partial charge in [-0.05, 0) is 40.5 Å². The van der Waals surface area contributed by atoms with Crippen molar-refractivity contribution >= 4 is 15.9 Å². The van der Waals surface area contributed by atoms with Crippen LogP contribution in [0.15, 0.2) is 16.6 Å². The fourth-order valence-electron chi connectivity index (χ4n) is 1.60. The van der Waals surface area contributed by atoms with Crippen LogP contribution in [0.5, 0.6) is 0 Å². The molecule has 2 N–H and O–H groups in total. The number of aliphatic hydroxyl groups is 1. The Morgan fingerprint density at radius 2 is 1.94 bits per heavy atom. The first-order valence-corrected chi connectivity index (χ1v) is 6.72. The molecule has 1 aromatic carbocycles. The van der Waals surface area contributed by atoms with Crippen molar-refractivity contribution in [2.24, 2.45) is 5.92 Å². The molecule has 5 heteroatoms. The molecule has 0 bridgehead atoms. The lowest BCUT2D eigenvalue weighted by Gasteiger charge is -2.14. The zero-order valence-electron chi connectivity index (χ0n) is 10.5. The SMILES string of the molecule is CC(C)CNCC(O)Cc1c(F)ccc(Br)c1F. The lowest BCUT2D eigenvalue weighted by atomic mass is 10.1. The lowest BCUT2D eigenvalue weighted by molar-refractivity contribution is 0.168. The van der Waals surface area contributed by atoms with Crippen molar-refractivity contribution < 1.29 is 13.9 Å². The van der Waals surface area contributed by atoms with Crippen molar-refractivity contribution in [3.63, 3.8) is 0 Å². The monoisotopic (exact) mass is 321 g/mol. The summed E-state index contributed by atoms with van der Waals surface area (Å²) in [6.45, 7) is 5.18. The van der Waals surface area contributed by atoms with E-state index in [1.54, 1.807) is 0 Å². The molecule has 0 heterocycles. The van der Waals surface area contributed by atoms with Gasteiger partial charge < -0.3 is 10.4 Å². The van der Waals surface area contributed by atoms with Crippen LogP contribution >= 0.6 is 15.9 Å². The maximum Gasteiger partial charge on any atom is 0.143 e. The van der Waals surface area contributed by atoms with Gasteiger partial charge in [-0.3, -0.25) is 0 Å². The van der Waals surface area contributed by atoms with Crippen LogP contribution in [0.4, 0.5) is 8.78 Å². The molecule has 0 aliphatic heterocycles. The summed E-state index contributed by atoms with van der Waals surface area (Å²) in [7, 11) is 0. The van der Waals surface area contributed by atoms with Gasteiger partial charge >= 0.3 is 0 Å². The molecule has 0 saturated carbocycles. The third kappa shape index (κ3) is 4.63. The average Bonchev–Trinajstić information content (AvgIpc) is 2.29. The lowest BCUT2D eigenvalue weighted by Crippen LogP contribution is -2.31. The number of nitrogens with one attached hydrogen (secondary N) is 1. The molecule has 0 fully saturated rings. The van der Waals surface area contributed by atoms with Gasteiger partial charge in [0.05, 0.1) is 10.6 Å². The van der Waals surface area contributed by atoms with E-state index >= 15 is 0 Å². The molecule has 0 amide bonds. The predicted molar refractivity (Wildman–Crippen MR) is 71.5 cm³/mol. The van der Waals surface area contributed by atoms with E-state index in [2.05, 4.69) is 21.2 Å². The van der Waals surface area contributed by atoms with Gasteiger partial charge in [-0.15, -0.1) is 0 Å². The molecular weight excluding hydrogens is 304 g/mol. The van der Waals surface area contributed by atoms with E-state index in [0.29, 0.717) is 12.5 Å². The van der Waals surface area contributed by atoms with E-state index < -0.39 is 17.7 Å². The Morgan fingerprint density at radius 1 is 1.28 bits per heavy atom. The highest BCUT2D eigenvalue weighted by atomic mass is 79.9. The topological polar surface area (TPSA) is 32.3 Å². The Kier molecular flexibility index (Phi) is 6.18. The third-order valence-corrected chi connectivity index (χ3v) is 3.12. The van der Waals surface area contributed by atoms with E-state index in [-0.39, 0.29) is 16.5 Å².